The Bertz CT molecular complexity index is 809. The van der Waals surface area contributed by atoms with Crippen molar-refractivity contribution in [1.82, 2.24) is 5.32 Å². The zero-order valence-corrected chi connectivity index (χ0v) is 13.5. The molecular formula is C18H16N2O5. The molecule has 0 aromatic heterocycles. The van der Waals surface area contributed by atoms with Crippen LogP contribution in [-0.2, 0) is 11.3 Å². The van der Waals surface area contributed by atoms with Crippen molar-refractivity contribution >= 4 is 11.8 Å². The van der Waals surface area contributed by atoms with E-state index in [4.69, 9.17) is 9.47 Å². The first-order chi connectivity index (χ1) is 12.1. The lowest BCUT2D eigenvalue weighted by atomic mass is 10.1. The number of carbonyl (C=O) groups is 1. The third-order valence-corrected chi connectivity index (χ3v) is 3.17. The number of nitro groups is 1. The van der Waals surface area contributed by atoms with Crippen LogP contribution in [0.2, 0.25) is 0 Å². The van der Waals surface area contributed by atoms with Gasteiger partial charge in [0, 0.05) is 6.07 Å². The summed E-state index contributed by atoms with van der Waals surface area (Å²) >= 11 is 0. The fraction of sp³-hybridized carbons (Fsp3) is 0.167. The molecule has 0 aliphatic rings. The number of alkyl carbamates (subject to hydrolysis) is 1. The van der Waals surface area contributed by atoms with Gasteiger partial charge in [-0.15, -0.1) is 0 Å². The largest absolute Gasteiger partial charge is 0.495 e. The third kappa shape index (κ3) is 5.25. The molecule has 0 saturated heterocycles. The number of ether oxygens (including phenoxy) is 2. The topological polar surface area (TPSA) is 90.7 Å². The van der Waals surface area contributed by atoms with Gasteiger partial charge in [0.25, 0.3) is 5.69 Å². The van der Waals surface area contributed by atoms with Crippen molar-refractivity contribution in [2.45, 2.75) is 6.61 Å². The molecule has 2 aromatic rings. The van der Waals surface area contributed by atoms with Crippen molar-refractivity contribution in [1.29, 1.82) is 0 Å². The molecule has 1 N–H and O–H groups in total. The number of rotatable bonds is 5. The Balaban J connectivity index is 1.92. The molecule has 25 heavy (non-hydrogen) atoms. The normalized spacial score (nSPS) is 9.48. The molecule has 0 aliphatic heterocycles. The minimum absolute atomic E-state index is 0.0111. The van der Waals surface area contributed by atoms with Crippen LogP contribution in [0, 0.1) is 22.0 Å². The highest BCUT2D eigenvalue weighted by Gasteiger charge is 2.16. The molecule has 2 aromatic carbocycles. The highest BCUT2D eigenvalue weighted by atomic mass is 16.6. The van der Waals surface area contributed by atoms with Crippen LogP contribution in [0.1, 0.15) is 11.1 Å². The summed E-state index contributed by atoms with van der Waals surface area (Å²) in [4.78, 5) is 22.1. The molecule has 0 atom stereocenters. The van der Waals surface area contributed by atoms with Gasteiger partial charge in [0.1, 0.15) is 17.9 Å². The quantitative estimate of drug-likeness (QED) is 0.513. The number of nitrogens with zero attached hydrogens (tertiary/aromatic N) is 1. The van der Waals surface area contributed by atoms with Crippen molar-refractivity contribution in [2.24, 2.45) is 0 Å². The summed E-state index contributed by atoms with van der Waals surface area (Å²) in [5.74, 6) is 5.61. The minimum Gasteiger partial charge on any atom is -0.495 e. The molecule has 7 nitrogen and oxygen atoms in total. The first kappa shape index (κ1) is 17.8. The summed E-state index contributed by atoms with van der Waals surface area (Å²) in [5.41, 5.74) is 0.876. The van der Waals surface area contributed by atoms with Crippen LogP contribution >= 0.6 is 0 Å². The predicted octanol–water partition coefficient (Wildman–Crippen LogP) is 2.88. The fourth-order valence-electron chi connectivity index (χ4n) is 1.99. The molecule has 0 unspecified atom stereocenters. The molecule has 2 rings (SSSR count). The van der Waals surface area contributed by atoms with Gasteiger partial charge in [0.05, 0.1) is 18.6 Å². The van der Waals surface area contributed by atoms with E-state index in [2.05, 4.69) is 17.2 Å². The van der Waals surface area contributed by atoms with Crippen LogP contribution in [0.4, 0.5) is 10.5 Å². The van der Waals surface area contributed by atoms with Gasteiger partial charge in [0.15, 0.2) is 0 Å². The number of nitro benzene ring substituents is 1. The number of nitrogens with one attached hydrogen (secondary N) is 1. The zero-order chi connectivity index (χ0) is 18.1. The number of benzene rings is 2. The van der Waals surface area contributed by atoms with Crippen molar-refractivity contribution in [3.8, 4) is 17.6 Å². The van der Waals surface area contributed by atoms with Gasteiger partial charge < -0.3 is 14.8 Å². The number of methoxy groups -OCH3 is 1. The molecule has 0 aliphatic carbocycles. The highest BCUT2D eigenvalue weighted by Crippen LogP contribution is 2.26. The smallest absolute Gasteiger partial charge is 0.408 e. The molecule has 1 amide bonds. The molecule has 0 saturated carbocycles. The van der Waals surface area contributed by atoms with E-state index in [9.17, 15) is 14.9 Å². The summed E-state index contributed by atoms with van der Waals surface area (Å²) in [7, 11) is 1.41. The Morgan fingerprint density at radius 3 is 2.64 bits per heavy atom. The molecular weight excluding hydrogens is 324 g/mol. The summed E-state index contributed by atoms with van der Waals surface area (Å²) < 4.78 is 10.1. The van der Waals surface area contributed by atoms with E-state index in [-0.39, 0.29) is 24.4 Å². The average Bonchev–Trinajstić information content (AvgIpc) is 2.64. The number of carbonyl (C=O) groups excluding carboxylic acids is 1. The first-order valence-corrected chi connectivity index (χ1v) is 7.36. The van der Waals surface area contributed by atoms with Crippen molar-refractivity contribution in [2.75, 3.05) is 13.7 Å². The third-order valence-electron chi connectivity index (χ3n) is 3.17. The van der Waals surface area contributed by atoms with Gasteiger partial charge in [-0.2, -0.15) is 0 Å². The maximum absolute atomic E-state index is 11.6. The fourth-order valence-corrected chi connectivity index (χ4v) is 1.99. The number of amides is 1. The second kappa shape index (κ2) is 8.93. The lowest BCUT2D eigenvalue weighted by molar-refractivity contribution is -0.385. The zero-order valence-electron chi connectivity index (χ0n) is 13.5. The Labute approximate surface area is 144 Å². The Morgan fingerprint density at radius 2 is 1.96 bits per heavy atom. The van der Waals surface area contributed by atoms with Crippen LogP contribution in [0.25, 0.3) is 0 Å². The van der Waals surface area contributed by atoms with Crippen LogP contribution in [-0.4, -0.2) is 24.7 Å². The first-order valence-electron chi connectivity index (χ1n) is 7.36. The van der Waals surface area contributed by atoms with Crippen LogP contribution in [0.15, 0.2) is 48.5 Å². The van der Waals surface area contributed by atoms with E-state index in [1.807, 2.05) is 30.3 Å². The van der Waals surface area contributed by atoms with E-state index < -0.39 is 11.0 Å². The average molecular weight is 340 g/mol. The Kier molecular flexibility index (Phi) is 6.37. The monoisotopic (exact) mass is 340 g/mol. The maximum atomic E-state index is 11.6. The van der Waals surface area contributed by atoms with E-state index in [0.29, 0.717) is 5.75 Å². The molecule has 0 fully saturated rings. The van der Waals surface area contributed by atoms with E-state index in [0.717, 1.165) is 5.56 Å². The van der Waals surface area contributed by atoms with Crippen LogP contribution in [0.3, 0.4) is 0 Å². The summed E-state index contributed by atoms with van der Waals surface area (Å²) in [6.45, 7) is 0.140. The second-order valence-corrected chi connectivity index (χ2v) is 4.83. The molecule has 0 spiro atoms. The van der Waals surface area contributed by atoms with Gasteiger partial charge in [-0.3, -0.25) is 10.1 Å². The number of hydrogen-bond donors (Lipinski definition) is 1. The number of hydrogen-bond acceptors (Lipinski definition) is 5. The van der Waals surface area contributed by atoms with E-state index >= 15 is 0 Å². The molecule has 0 heterocycles. The maximum Gasteiger partial charge on any atom is 0.408 e. The predicted molar refractivity (Wildman–Crippen MR) is 91.2 cm³/mol. The van der Waals surface area contributed by atoms with Gasteiger partial charge >= 0.3 is 6.09 Å². The van der Waals surface area contributed by atoms with Gasteiger partial charge in [-0.1, -0.05) is 48.2 Å². The lowest BCUT2D eigenvalue weighted by Crippen LogP contribution is -2.24. The Hall–Kier alpha value is -3.53. The summed E-state index contributed by atoms with van der Waals surface area (Å²) in [5, 5.41) is 13.5. The highest BCUT2D eigenvalue weighted by molar-refractivity contribution is 5.67. The molecule has 128 valence electrons. The minimum atomic E-state index is -0.618. The summed E-state index contributed by atoms with van der Waals surface area (Å²) in [6.07, 6.45) is -0.618. The second-order valence-electron chi connectivity index (χ2n) is 4.83. The SMILES string of the molecule is COc1cccc([N+](=O)[O-])c1C#CCNC(=O)OCc1ccccc1. The van der Waals surface area contributed by atoms with E-state index in [1.54, 1.807) is 6.07 Å². The van der Waals surface area contributed by atoms with E-state index in [1.165, 1.54) is 19.2 Å². The standard InChI is InChI=1S/C18H16N2O5/c1-24-17-11-5-10-16(20(22)23)15(17)9-6-12-19-18(21)25-13-14-7-3-2-4-8-14/h2-5,7-8,10-11H,12-13H2,1H3,(H,19,21). The molecule has 7 heteroatoms. The van der Waals surface area contributed by atoms with Crippen LogP contribution < -0.4 is 10.1 Å². The van der Waals surface area contributed by atoms with Gasteiger partial charge in [-0.05, 0) is 11.6 Å². The van der Waals surface area contributed by atoms with Crippen molar-refractivity contribution < 1.29 is 19.2 Å². The lowest BCUT2D eigenvalue weighted by Gasteiger charge is -2.05. The molecule has 0 bridgehead atoms. The van der Waals surface area contributed by atoms with Crippen molar-refractivity contribution in [3.05, 3.63) is 69.8 Å². The van der Waals surface area contributed by atoms with Gasteiger partial charge in [0.2, 0.25) is 0 Å². The van der Waals surface area contributed by atoms with Crippen LogP contribution in [0.5, 0.6) is 5.75 Å². The Morgan fingerprint density at radius 1 is 1.20 bits per heavy atom. The molecule has 0 radical (unpaired) electrons. The van der Waals surface area contributed by atoms with Crippen molar-refractivity contribution in [3.63, 3.8) is 0 Å². The summed E-state index contributed by atoms with van der Waals surface area (Å²) in [6, 6.07) is 13.7. The van der Waals surface area contributed by atoms with Gasteiger partial charge in [-0.25, -0.2) is 4.79 Å².